The van der Waals surface area contributed by atoms with E-state index in [1.54, 1.807) is 6.07 Å². The predicted octanol–water partition coefficient (Wildman–Crippen LogP) is 4.07. The molecule has 0 radical (unpaired) electrons. The van der Waals surface area contributed by atoms with Gasteiger partial charge in [-0.15, -0.1) is 0 Å². The number of esters is 1. The third-order valence-corrected chi connectivity index (χ3v) is 5.76. The Bertz CT molecular complexity index is 1030. The van der Waals surface area contributed by atoms with Gasteiger partial charge in [-0.3, -0.25) is 4.90 Å². The fraction of sp³-hybridized carbons (Fsp3) is 0.240. The van der Waals surface area contributed by atoms with E-state index in [-0.39, 0.29) is 17.2 Å². The van der Waals surface area contributed by atoms with Gasteiger partial charge >= 0.3 is 5.97 Å². The van der Waals surface area contributed by atoms with E-state index >= 15 is 0 Å². The van der Waals surface area contributed by atoms with Gasteiger partial charge in [0.25, 0.3) is 0 Å². The number of hydrogen-bond acceptors (Lipinski definition) is 5. The zero-order chi connectivity index (χ0) is 21.1. The summed E-state index contributed by atoms with van der Waals surface area (Å²) in [7, 11) is 1.28. The lowest BCUT2D eigenvalue weighted by Crippen LogP contribution is -2.28. The van der Waals surface area contributed by atoms with Crippen molar-refractivity contribution in [3.63, 3.8) is 0 Å². The Labute approximate surface area is 176 Å². The lowest BCUT2D eigenvalue weighted by molar-refractivity contribution is 0.0595. The number of benzene rings is 3. The second-order valence-electron chi connectivity index (χ2n) is 7.61. The van der Waals surface area contributed by atoms with Crippen LogP contribution in [0.2, 0.25) is 0 Å². The standard InChI is InChI=1S/C25H25NO4/c1-30-25(29)23-19-12-13-26(15-17-8-4-2-5-9-17)16-21(18-10-6-3-7-11-18)20(19)14-22(27)24(23)28/h2-11,14,21,27-28H,12-13,15-16H2,1H3. The van der Waals surface area contributed by atoms with E-state index in [0.29, 0.717) is 6.42 Å². The van der Waals surface area contributed by atoms with Gasteiger partial charge in [-0.05, 0) is 34.7 Å². The summed E-state index contributed by atoms with van der Waals surface area (Å²) < 4.78 is 4.92. The smallest absolute Gasteiger partial charge is 0.342 e. The molecule has 2 N–H and O–H groups in total. The average molecular weight is 403 g/mol. The molecule has 30 heavy (non-hydrogen) atoms. The Morgan fingerprint density at radius 1 is 1.07 bits per heavy atom. The molecule has 1 heterocycles. The minimum Gasteiger partial charge on any atom is -0.504 e. The molecule has 1 atom stereocenters. The van der Waals surface area contributed by atoms with Crippen LogP contribution >= 0.6 is 0 Å². The van der Waals surface area contributed by atoms with E-state index in [4.69, 9.17) is 4.74 Å². The summed E-state index contributed by atoms with van der Waals surface area (Å²) >= 11 is 0. The van der Waals surface area contributed by atoms with Crippen molar-refractivity contribution in [2.75, 3.05) is 20.2 Å². The molecule has 0 bridgehead atoms. The van der Waals surface area contributed by atoms with E-state index in [2.05, 4.69) is 29.2 Å². The number of nitrogens with zero attached hydrogens (tertiary/aromatic N) is 1. The number of carbonyl (C=O) groups is 1. The van der Waals surface area contributed by atoms with Crippen LogP contribution in [0.15, 0.2) is 66.7 Å². The molecule has 5 nitrogen and oxygen atoms in total. The molecule has 0 saturated heterocycles. The number of ether oxygens (including phenoxy) is 1. The summed E-state index contributed by atoms with van der Waals surface area (Å²) in [6, 6.07) is 21.9. The third kappa shape index (κ3) is 3.89. The Balaban J connectivity index is 1.81. The maximum absolute atomic E-state index is 12.5. The highest BCUT2D eigenvalue weighted by molar-refractivity contribution is 5.95. The van der Waals surface area contributed by atoms with Crippen molar-refractivity contribution in [1.29, 1.82) is 0 Å². The monoisotopic (exact) mass is 403 g/mol. The number of hydrogen-bond donors (Lipinski definition) is 2. The van der Waals surface area contributed by atoms with E-state index in [1.165, 1.54) is 12.7 Å². The molecule has 1 unspecified atom stereocenters. The van der Waals surface area contributed by atoms with Crippen molar-refractivity contribution < 1.29 is 19.7 Å². The number of carbonyl (C=O) groups excluding carboxylic acids is 1. The van der Waals surface area contributed by atoms with Crippen LogP contribution in [-0.4, -0.2) is 41.3 Å². The van der Waals surface area contributed by atoms with Gasteiger partial charge in [0.1, 0.15) is 5.56 Å². The number of phenols is 2. The summed E-state index contributed by atoms with van der Waals surface area (Å²) in [6.45, 7) is 2.24. The van der Waals surface area contributed by atoms with Crippen LogP contribution in [0.4, 0.5) is 0 Å². The Kier molecular flexibility index (Phi) is 5.72. The second kappa shape index (κ2) is 8.59. The molecule has 1 aliphatic heterocycles. The highest BCUT2D eigenvalue weighted by Gasteiger charge is 2.31. The Morgan fingerprint density at radius 2 is 1.73 bits per heavy atom. The summed E-state index contributed by atoms with van der Waals surface area (Å²) in [4.78, 5) is 14.8. The van der Waals surface area contributed by atoms with Crippen molar-refractivity contribution in [1.82, 2.24) is 4.90 Å². The Hall–Kier alpha value is -3.31. The molecular formula is C25H25NO4. The number of methoxy groups -OCH3 is 1. The van der Waals surface area contributed by atoms with Gasteiger partial charge in [0.05, 0.1) is 7.11 Å². The van der Waals surface area contributed by atoms with Crippen molar-refractivity contribution in [2.24, 2.45) is 0 Å². The fourth-order valence-electron chi connectivity index (χ4n) is 4.29. The van der Waals surface area contributed by atoms with Gasteiger partial charge in [0.15, 0.2) is 11.5 Å². The molecule has 0 aliphatic carbocycles. The SMILES string of the molecule is COC(=O)c1c(O)c(O)cc2c1CCN(Cc1ccccc1)CC2c1ccccc1. The molecule has 0 amide bonds. The van der Waals surface area contributed by atoms with Crippen molar-refractivity contribution in [3.8, 4) is 11.5 Å². The lowest BCUT2D eigenvalue weighted by Gasteiger charge is -2.25. The zero-order valence-electron chi connectivity index (χ0n) is 16.9. The van der Waals surface area contributed by atoms with Crippen LogP contribution in [0.5, 0.6) is 11.5 Å². The maximum Gasteiger partial charge on any atom is 0.342 e. The molecule has 154 valence electrons. The van der Waals surface area contributed by atoms with Crippen LogP contribution in [-0.2, 0) is 17.7 Å². The largest absolute Gasteiger partial charge is 0.504 e. The minimum atomic E-state index is -0.636. The molecule has 0 fully saturated rings. The maximum atomic E-state index is 12.5. The van der Waals surface area contributed by atoms with E-state index in [9.17, 15) is 15.0 Å². The summed E-state index contributed by atoms with van der Waals surface area (Å²) in [6.07, 6.45) is 0.573. The summed E-state index contributed by atoms with van der Waals surface area (Å²) in [5, 5.41) is 20.8. The van der Waals surface area contributed by atoms with Crippen molar-refractivity contribution >= 4 is 5.97 Å². The van der Waals surface area contributed by atoms with E-state index < -0.39 is 11.7 Å². The van der Waals surface area contributed by atoms with E-state index in [0.717, 1.165) is 36.3 Å². The molecule has 0 saturated carbocycles. The van der Waals surface area contributed by atoms with Gasteiger partial charge in [-0.1, -0.05) is 60.7 Å². The molecule has 5 heteroatoms. The van der Waals surface area contributed by atoms with Gasteiger partial charge in [0, 0.05) is 25.6 Å². The molecule has 4 rings (SSSR count). The molecule has 3 aromatic carbocycles. The van der Waals surface area contributed by atoms with Gasteiger partial charge in [-0.25, -0.2) is 4.79 Å². The summed E-state index contributed by atoms with van der Waals surface area (Å²) in [5.74, 6) is -1.40. The number of rotatable bonds is 4. The van der Waals surface area contributed by atoms with E-state index in [1.807, 2.05) is 36.4 Å². The topological polar surface area (TPSA) is 70.0 Å². The molecule has 0 aromatic heterocycles. The first-order valence-electron chi connectivity index (χ1n) is 10.1. The van der Waals surface area contributed by atoms with Gasteiger partial charge in [-0.2, -0.15) is 0 Å². The lowest BCUT2D eigenvalue weighted by atomic mass is 9.85. The molecule has 3 aromatic rings. The number of phenolic OH excluding ortho intramolecular Hbond substituents is 2. The molecule has 1 aliphatic rings. The van der Waals surface area contributed by atoms with Crippen LogP contribution in [0.1, 0.15) is 38.5 Å². The zero-order valence-corrected chi connectivity index (χ0v) is 16.9. The first-order valence-corrected chi connectivity index (χ1v) is 10.1. The molecule has 0 spiro atoms. The predicted molar refractivity (Wildman–Crippen MR) is 115 cm³/mol. The average Bonchev–Trinajstić information content (AvgIpc) is 2.95. The second-order valence-corrected chi connectivity index (χ2v) is 7.61. The van der Waals surface area contributed by atoms with Crippen LogP contribution in [0, 0.1) is 0 Å². The first kappa shape index (κ1) is 20.0. The highest BCUT2D eigenvalue weighted by Crippen LogP contribution is 2.41. The van der Waals surface area contributed by atoms with Crippen molar-refractivity contribution in [2.45, 2.75) is 18.9 Å². The summed E-state index contributed by atoms with van der Waals surface area (Å²) in [5.41, 5.74) is 3.97. The van der Waals surface area contributed by atoms with Crippen molar-refractivity contribution in [3.05, 3.63) is 94.5 Å². The van der Waals surface area contributed by atoms with Crippen LogP contribution < -0.4 is 0 Å². The van der Waals surface area contributed by atoms with Gasteiger partial charge < -0.3 is 14.9 Å². The van der Waals surface area contributed by atoms with Crippen LogP contribution in [0.25, 0.3) is 0 Å². The Morgan fingerprint density at radius 3 is 2.40 bits per heavy atom. The number of fused-ring (bicyclic) bond motifs is 1. The van der Waals surface area contributed by atoms with Gasteiger partial charge in [0.2, 0.25) is 0 Å². The third-order valence-electron chi connectivity index (χ3n) is 5.76. The number of aromatic hydroxyl groups is 2. The molecular weight excluding hydrogens is 378 g/mol. The quantitative estimate of drug-likeness (QED) is 0.508. The highest BCUT2D eigenvalue weighted by atomic mass is 16.5. The minimum absolute atomic E-state index is 0.0534. The fourth-order valence-corrected chi connectivity index (χ4v) is 4.29. The first-order chi connectivity index (χ1) is 14.6. The van der Waals surface area contributed by atoms with Crippen LogP contribution in [0.3, 0.4) is 0 Å². The normalized spacial score (nSPS) is 16.5.